The first-order valence-electron chi connectivity index (χ1n) is 6.46. The number of nitrogens with zero attached hydrogens (tertiary/aromatic N) is 1. The Balaban J connectivity index is 2.17. The fourth-order valence-electron chi connectivity index (χ4n) is 2.64. The normalized spacial score (nSPS) is 16.2. The molecule has 1 aliphatic rings. The third kappa shape index (κ3) is 3.50. The van der Waals surface area contributed by atoms with Crippen LogP contribution in [0.25, 0.3) is 0 Å². The van der Waals surface area contributed by atoms with Gasteiger partial charge in [-0.15, -0.1) is 0 Å². The lowest BCUT2D eigenvalue weighted by atomic mass is 10.1. The first-order valence-corrected chi connectivity index (χ1v) is 6.46. The smallest absolute Gasteiger partial charge is 0.317 e. The summed E-state index contributed by atoms with van der Waals surface area (Å²) in [5.74, 6) is -2.20. The number of aliphatic carboxylic acids is 1. The van der Waals surface area contributed by atoms with Crippen molar-refractivity contribution in [2.24, 2.45) is 0 Å². The second-order valence-corrected chi connectivity index (χ2v) is 4.94. The first-order chi connectivity index (χ1) is 9.08. The highest BCUT2D eigenvalue weighted by Crippen LogP contribution is 2.26. The van der Waals surface area contributed by atoms with E-state index in [0.717, 1.165) is 25.7 Å². The minimum atomic E-state index is -0.969. The summed E-state index contributed by atoms with van der Waals surface area (Å²) in [6, 6.07) is 3.82. The fraction of sp³-hybridized carbons (Fsp3) is 0.500. The number of rotatable bonds is 5. The van der Waals surface area contributed by atoms with Crippen LogP contribution >= 0.6 is 0 Å². The van der Waals surface area contributed by atoms with Gasteiger partial charge in [0.05, 0.1) is 6.54 Å². The molecule has 1 aromatic carbocycles. The number of carboxylic acid groups (broad SMARTS) is 1. The Kier molecular flexibility index (Phi) is 4.47. The second-order valence-electron chi connectivity index (χ2n) is 4.94. The average Bonchev–Trinajstić information content (AvgIpc) is 2.85. The second kappa shape index (κ2) is 6.10. The highest BCUT2D eigenvalue weighted by molar-refractivity contribution is 5.69. The Labute approximate surface area is 110 Å². The van der Waals surface area contributed by atoms with Gasteiger partial charge >= 0.3 is 5.97 Å². The number of hydrogen-bond donors (Lipinski definition) is 1. The molecule has 0 spiro atoms. The minimum absolute atomic E-state index is 0.00940. The summed E-state index contributed by atoms with van der Waals surface area (Å²) >= 11 is 0. The maximum absolute atomic E-state index is 13.6. The lowest BCUT2D eigenvalue weighted by Gasteiger charge is -2.27. The van der Waals surface area contributed by atoms with Gasteiger partial charge < -0.3 is 5.11 Å². The number of carboxylic acids is 1. The highest BCUT2D eigenvalue weighted by Gasteiger charge is 2.26. The van der Waals surface area contributed by atoms with E-state index in [1.165, 1.54) is 18.2 Å². The minimum Gasteiger partial charge on any atom is -0.480 e. The van der Waals surface area contributed by atoms with E-state index in [1.807, 2.05) is 0 Å². The van der Waals surface area contributed by atoms with Crippen molar-refractivity contribution in [2.45, 2.75) is 38.3 Å². The molecule has 0 heterocycles. The van der Waals surface area contributed by atoms with Gasteiger partial charge in [0.15, 0.2) is 0 Å². The Hall–Kier alpha value is -1.49. The van der Waals surface area contributed by atoms with Crippen LogP contribution in [0.5, 0.6) is 0 Å². The summed E-state index contributed by atoms with van der Waals surface area (Å²) in [5, 5.41) is 8.93. The zero-order chi connectivity index (χ0) is 13.8. The van der Waals surface area contributed by atoms with E-state index in [1.54, 1.807) is 4.90 Å². The van der Waals surface area contributed by atoms with Crippen molar-refractivity contribution in [3.05, 3.63) is 35.4 Å². The Morgan fingerprint density at radius 1 is 1.26 bits per heavy atom. The predicted octanol–water partition coefficient (Wildman–Crippen LogP) is 2.79. The topological polar surface area (TPSA) is 40.5 Å². The molecular weight excluding hydrogens is 252 g/mol. The van der Waals surface area contributed by atoms with Crippen LogP contribution in [0, 0.1) is 11.6 Å². The van der Waals surface area contributed by atoms with Crippen LogP contribution in [0.2, 0.25) is 0 Å². The molecule has 1 aromatic rings. The van der Waals surface area contributed by atoms with Crippen molar-refractivity contribution in [3.63, 3.8) is 0 Å². The van der Waals surface area contributed by atoms with Crippen LogP contribution in [0.3, 0.4) is 0 Å². The molecule has 1 aliphatic carbocycles. The molecular formula is C14H17F2NO2. The van der Waals surface area contributed by atoms with E-state index in [2.05, 4.69) is 0 Å². The van der Waals surface area contributed by atoms with Crippen LogP contribution < -0.4 is 0 Å². The molecule has 19 heavy (non-hydrogen) atoms. The molecule has 1 fully saturated rings. The van der Waals surface area contributed by atoms with Crippen LogP contribution in [0.1, 0.15) is 31.2 Å². The monoisotopic (exact) mass is 269 g/mol. The van der Waals surface area contributed by atoms with Crippen LogP contribution in [0.15, 0.2) is 18.2 Å². The molecule has 0 aromatic heterocycles. The van der Waals surface area contributed by atoms with Gasteiger partial charge in [0.2, 0.25) is 0 Å². The molecule has 0 unspecified atom stereocenters. The van der Waals surface area contributed by atoms with Gasteiger partial charge in [0, 0.05) is 18.2 Å². The Morgan fingerprint density at radius 3 is 2.37 bits per heavy atom. The predicted molar refractivity (Wildman–Crippen MR) is 66.7 cm³/mol. The molecule has 0 saturated heterocycles. The molecule has 5 heteroatoms. The summed E-state index contributed by atoms with van der Waals surface area (Å²) in [6.45, 7) is -0.173. The van der Waals surface area contributed by atoms with E-state index in [9.17, 15) is 13.6 Å². The van der Waals surface area contributed by atoms with Crippen molar-refractivity contribution in [1.82, 2.24) is 4.90 Å². The van der Waals surface area contributed by atoms with Gasteiger partial charge in [-0.05, 0) is 25.0 Å². The molecule has 2 rings (SSSR count). The van der Waals surface area contributed by atoms with Crippen molar-refractivity contribution in [1.29, 1.82) is 0 Å². The van der Waals surface area contributed by atoms with Gasteiger partial charge in [-0.2, -0.15) is 0 Å². The molecule has 0 radical (unpaired) electrons. The maximum atomic E-state index is 13.6. The van der Waals surface area contributed by atoms with Crippen molar-refractivity contribution in [2.75, 3.05) is 6.54 Å². The molecule has 0 amide bonds. The number of hydrogen-bond acceptors (Lipinski definition) is 2. The largest absolute Gasteiger partial charge is 0.480 e. The summed E-state index contributed by atoms with van der Waals surface area (Å²) < 4.78 is 27.2. The van der Waals surface area contributed by atoms with Gasteiger partial charge in [-0.1, -0.05) is 18.9 Å². The number of benzene rings is 1. The summed E-state index contributed by atoms with van der Waals surface area (Å²) in [4.78, 5) is 12.6. The molecule has 1 N–H and O–H groups in total. The quantitative estimate of drug-likeness (QED) is 0.893. The maximum Gasteiger partial charge on any atom is 0.317 e. The van der Waals surface area contributed by atoms with Crippen molar-refractivity contribution < 1.29 is 18.7 Å². The van der Waals surface area contributed by atoms with E-state index < -0.39 is 17.6 Å². The van der Waals surface area contributed by atoms with E-state index in [-0.39, 0.29) is 24.7 Å². The van der Waals surface area contributed by atoms with Crippen LogP contribution in [0.4, 0.5) is 8.78 Å². The summed E-state index contributed by atoms with van der Waals surface area (Å²) in [6.07, 6.45) is 3.87. The molecule has 0 atom stereocenters. The van der Waals surface area contributed by atoms with Crippen molar-refractivity contribution in [3.8, 4) is 0 Å². The van der Waals surface area contributed by atoms with Gasteiger partial charge in [0.1, 0.15) is 11.6 Å². The van der Waals surface area contributed by atoms with Crippen molar-refractivity contribution >= 4 is 5.97 Å². The van der Waals surface area contributed by atoms with Crippen LogP contribution in [-0.4, -0.2) is 28.6 Å². The molecule has 3 nitrogen and oxygen atoms in total. The van der Waals surface area contributed by atoms with E-state index >= 15 is 0 Å². The lowest BCUT2D eigenvalue weighted by Crippen LogP contribution is -2.37. The summed E-state index contributed by atoms with van der Waals surface area (Å²) in [5.41, 5.74) is -0.0457. The van der Waals surface area contributed by atoms with Gasteiger partial charge in [0.25, 0.3) is 0 Å². The molecule has 104 valence electrons. The molecule has 1 saturated carbocycles. The zero-order valence-electron chi connectivity index (χ0n) is 10.6. The van der Waals surface area contributed by atoms with Gasteiger partial charge in [-0.3, -0.25) is 9.69 Å². The lowest BCUT2D eigenvalue weighted by molar-refractivity contribution is -0.139. The third-order valence-electron chi connectivity index (χ3n) is 3.60. The standard InChI is InChI=1S/C14H17F2NO2/c15-12-6-3-7-13(16)11(12)8-17(9-14(18)19)10-4-1-2-5-10/h3,6-7,10H,1-2,4-5,8-9H2,(H,18,19). The van der Waals surface area contributed by atoms with E-state index in [0.29, 0.717) is 0 Å². The fourth-order valence-corrected chi connectivity index (χ4v) is 2.64. The highest BCUT2D eigenvalue weighted by atomic mass is 19.1. The van der Waals surface area contributed by atoms with E-state index in [4.69, 9.17) is 5.11 Å². The summed E-state index contributed by atoms with van der Waals surface area (Å²) in [7, 11) is 0. The van der Waals surface area contributed by atoms with Gasteiger partial charge in [-0.25, -0.2) is 8.78 Å². The Morgan fingerprint density at radius 2 is 1.84 bits per heavy atom. The first kappa shape index (κ1) is 13.9. The SMILES string of the molecule is O=C(O)CN(Cc1c(F)cccc1F)C1CCCC1. The number of carbonyl (C=O) groups is 1. The molecule has 0 bridgehead atoms. The molecule has 0 aliphatic heterocycles. The zero-order valence-corrected chi connectivity index (χ0v) is 10.6. The average molecular weight is 269 g/mol. The Bertz CT molecular complexity index is 439. The van der Waals surface area contributed by atoms with Crippen LogP contribution in [-0.2, 0) is 11.3 Å². The number of halogens is 2. The third-order valence-corrected chi connectivity index (χ3v) is 3.60.